The van der Waals surface area contributed by atoms with Crippen molar-refractivity contribution in [2.75, 3.05) is 36.0 Å². The van der Waals surface area contributed by atoms with Crippen molar-refractivity contribution < 1.29 is 4.39 Å². The van der Waals surface area contributed by atoms with Gasteiger partial charge in [-0.05, 0) is 13.0 Å². The highest BCUT2D eigenvalue weighted by atomic mass is 32.1. The zero-order chi connectivity index (χ0) is 13.2. The van der Waals surface area contributed by atoms with Gasteiger partial charge in [0.05, 0.1) is 0 Å². The minimum Gasteiger partial charge on any atom is -0.368 e. The monoisotopic (exact) mass is 279 g/mol. The topological polar surface area (TPSA) is 45.2 Å². The summed E-state index contributed by atoms with van der Waals surface area (Å²) in [6, 6.07) is 3.32. The molecule has 0 bridgehead atoms. The molecule has 1 fully saturated rings. The zero-order valence-electron chi connectivity index (χ0n) is 10.6. The Bertz CT molecular complexity index is 565. The van der Waals surface area contributed by atoms with Crippen LogP contribution in [0.3, 0.4) is 0 Å². The Hall–Kier alpha value is -1.76. The first kappa shape index (κ1) is 12.3. The number of rotatable bonds is 2. The average molecular weight is 279 g/mol. The van der Waals surface area contributed by atoms with E-state index in [2.05, 4.69) is 24.1 Å². The van der Waals surface area contributed by atoms with Crippen LogP contribution in [0.5, 0.6) is 0 Å². The Labute approximate surface area is 114 Å². The molecule has 5 nitrogen and oxygen atoms in total. The van der Waals surface area contributed by atoms with E-state index in [1.807, 2.05) is 13.0 Å². The lowest BCUT2D eigenvalue weighted by molar-refractivity contribution is 0.580. The average Bonchev–Trinajstić information content (AvgIpc) is 2.86. The lowest BCUT2D eigenvalue weighted by atomic mass is 10.3. The van der Waals surface area contributed by atoms with E-state index in [-0.39, 0.29) is 0 Å². The van der Waals surface area contributed by atoms with Crippen molar-refractivity contribution in [1.82, 2.24) is 14.3 Å². The lowest BCUT2D eigenvalue weighted by Crippen LogP contribution is -2.46. The van der Waals surface area contributed by atoms with Gasteiger partial charge in [0.1, 0.15) is 5.82 Å². The second-order valence-electron chi connectivity index (χ2n) is 4.44. The number of anilines is 2. The largest absolute Gasteiger partial charge is 0.368 e. The van der Waals surface area contributed by atoms with Gasteiger partial charge < -0.3 is 9.80 Å². The predicted molar refractivity (Wildman–Crippen MR) is 73.3 cm³/mol. The Kier molecular flexibility index (Phi) is 3.29. The number of aryl methyl sites for hydroxylation is 1. The molecule has 3 rings (SSSR count). The highest BCUT2D eigenvalue weighted by Crippen LogP contribution is 2.21. The third kappa shape index (κ3) is 2.65. The standard InChI is InChI=1S/C12H14FN5S/c1-9-15-12(19-16-9)18-6-4-17(5-7-18)10-2-3-14-11(13)8-10/h2-3,8H,4-7H2,1H3. The summed E-state index contributed by atoms with van der Waals surface area (Å²) in [7, 11) is 0. The normalized spacial score (nSPS) is 15.9. The number of nitrogens with zero attached hydrogens (tertiary/aromatic N) is 5. The van der Waals surface area contributed by atoms with E-state index < -0.39 is 5.95 Å². The van der Waals surface area contributed by atoms with Crippen LogP contribution in [-0.4, -0.2) is 40.5 Å². The summed E-state index contributed by atoms with van der Waals surface area (Å²) in [5, 5.41) is 0.970. The molecular formula is C12H14FN5S. The Morgan fingerprint density at radius 1 is 1.21 bits per heavy atom. The number of hydrogen-bond donors (Lipinski definition) is 0. The minimum absolute atomic E-state index is 0.431. The van der Waals surface area contributed by atoms with Gasteiger partial charge in [-0.15, -0.1) is 0 Å². The summed E-state index contributed by atoms with van der Waals surface area (Å²) in [4.78, 5) is 12.4. The molecule has 2 aromatic rings. The van der Waals surface area contributed by atoms with Crippen LogP contribution < -0.4 is 9.80 Å². The molecule has 0 aromatic carbocycles. The van der Waals surface area contributed by atoms with Crippen molar-refractivity contribution in [2.45, 2.75) is 6.92 Å². The highest BCUT2D eigenvalue weighted by Gasteiger charge is 2.20. The molecule has 0 aliphatic carbocycles. The van der Waals surface area contributed by atoms with E-state index in [0.717, 1.165) is 42.8 Å². The van der Waals surface area contributed by atoms with Crippen molar-refractivity contribution in [3.63, 3.8) is 0 Å². The zero-order valence-corrected chi connectivity index (χ0v) is 11.4. The Morgan fingerprint density at radius 2 is 1.95 bits per heavy atom. The third-order valence-electron chi connectivity index (χ3n) is 3.14. The molecule has 0 saturated carbocycles. The SMILES string of the molecule is Cc1nsc(N2CCN(c3ccnc(F)c3)CC2)n1. The van der Waals surface area contributed by atoms with Gasteiger partial charge >= 0.3 is 0 Å². The maximum Gasteiger partial charge on any atom is 0.214 e. The second-order valence-corrected chi connectivity index (χ2v) is 5.17. The maximum absolute atomic E-state index is 13.1. The van der Waals surface area contributed by atoms with E-state index in [1.54, 1.807) is 0 Å². The summed E-state index contributed by atoms with van der Waals surface area (Å²) in [6.07, 6.45) is 1.51. The molecule has 100 valence electrons. The molecule has 0 N–H and O–H groups in total. The molecule has 1 aliphatic heterocycles. The minimum atomic E-state index is -0.431. The van der Waals surface area contributed by atoms with Gasteiger partial charge in [-0.1, -0.05) is 0 Å². The van der Waals surface area contributed by atoms with Crippen molar-refractivity contribution >= 4 is 22.4 Å². The number of piperazine rings is 1. The van der Waals surface area contributed by atoms with Crippen LogP contribution in [0, 0.1) is 12.9 Å². The van der Waals surface area contributed by atoms with Gasteiger partial charge in [0.15, 0.2) is 0 Å². The molecule has 3 heterocycles. The number of pyridine rings is 1. The van der Waals surface area contributed by atoms with Crippen molar-refractivity contribution in [3.05, 3.63) is 30.1 Å². The molecule has 0 unspecified atom stereocenters. The molecule has 7 heteroatoms. The van der Waals surface area contributed by atoms with E-state index in [4.69, 9.17) is 0 Å². The quantitative estimate of drug-likeness (QED) is 0.783. The smallest absolute Gasteiger partial charge is 0.214 e. The molecule has 1 saturated heterocycles. The summed E-state index contributed by atoms with van der Waals surface area (Å²) in [6.45, 7) is 5.34. The fraction of sp³-hybridized carbons (Fsp3) is 0.417. The van der Waals surface area contributed by atoms with Crippen LogP contribution in [-0.2, 0) is 0 Å². The van der Waals surface area contributed by atoms with E-state index in [1.165, 1.54) is 23.8 Å². The van der Waals surface area contributed by atoms with Crippen LogP contribution in [0.4, 0.5) is 15.2 Å². The predicted octanol–water partition coefficient (Wildman–Crippen LogP) is 1.71. The summed E-state index contributed by atoms with van der Waals surface area (Å²) in [5.74, 6) is 0.387. The van der Waals surface area contributed by atoms with Crippen LogP contribution in [0.25, 0.3) is 0 Å². The van der Waals surface area contributed by atoms with Crippen molar-refractivity contribution in [1.29, 1.82) is 0 Å². The maximum atomic E-state index is 13.1. The Morgan fingerprint density at radius 3 is 2.58 bits per heavy atom. The molecular weight excluding hydrogens is 265 g/mol. The Balaban J connectivity index is 1.66. The van der Waals surface area contributed by atoms with Crippen molar-refractivity contribution in [3.8, 4) is 0 Å². The number of hydrogen-bond acceptors (Lipinski definition) is 6. The lowest BCUT2D eigenvalue weighted by Gasteiger charge is -2.35. The number of aromatic nitrogens is 3. The first-order valence-corrected chi connectivity index (χ1v) is 6.91. The van der Waals surface area contributed by atoms with E-state index in [9.17, 15) is 4.39 Å². The van der Waals surface area contributed by atoms with E-state index >= 15 is 0 Å². The van der Waals surface area contributed by atoms with Crippen LogP contribution in [0.2, 0.25) is 0 Å². The molecule has 0 amide bonds. The van der Waals surface area contributed by atoms with Gasteiger partial charge in [0.2, 0.25) is 11.1 Å². The molecule has 19 heavy (non-hydrogen) atoms. The number of halogens is 1. The van der Waals surface area contributed by atoms with Gasteiger partial charge in [-0.2, -0.15) is 8.76 Å². The van der Waals surface area contributed by atoms with Crippen molar-refractivity contribution in [2.24, 2.45) is 0 Å². The molecule has 0 spiro atoms. The molecule has 0 atom stereocenters. The van der Waals surface area contributed by atoms with Crippen LogP contribution in [0.15, 0.2) is 18.3 Å². The van der Waals surface area contributed by atoms with Gasteiger partial charge in [-0.3, -0.25) is 0 Å². The highest BCUT2D eigenvalue weighted by molar-refractivity contribution is 7.09. The van der Waals surface area contributed by atoms with Gasteiger partial charge in [0, 0.05) is 55.7 Å². The first-order chi connectivity index (χ1) is 9.22. The molecule has 0 radical (unpaired) electrons. The van der Waals surface area contributed by atoms with Crippen LogP contribution in [0.1, 0.15) is 5.82 Å². The van der Waals surface area contributed by atoms with Gasteiger partial charge in [0.25, 0.3) is 0 Å². The fourth-order valence-corrected chi connectivity index (χ4v) is 2.89. The summed E-state index contributed by atoms with van der Waals surface area (Å²) in [5.41, 5.74) is 0.889. The van der Waals surface area contributed by atoms with E-state index in [0.29, 0.717) is 0 Å². The molecule has 1 aliphatic rings. The van der Waals surface area contributed by atoms with Crippen LogP contribution >= 0.6 is 11.5 Å². The second kappa shape index (κ2) is 5.08. The third-order valence-corrected chi connectivity index (χ3v) is 4.01. The summed E-state index contributed by atoms with van der Waals surface area (Å²) >= 11 is 1.43. The first-order valence-electron chi connectivity index (χ1n) is 6.14. The fourth-order valence-electron chi connectivity index (χ4n) is 2.16. The summed E-state index contributed by atoms with van der Waals surface area (Å²) < 4.78 is 17.3. The van der Waals surface area contributed by atoms with Gasteiger partial charge in [-0.25, -0.2) is 9.97 Å². The molecule has 2 aromatic heterocycles.